The first-order valence-corrected chi connectivity index (χ1v) is 9.08. The molecule has 2 saturated heterocycles. The smallest absolute Gasteiger partial charge is 0.416 e. The van der Waals surface area contributed by atoms with Crippen LogP contribution in [-0.2, 0) is 6.18 Å². The highest BCUT2D eigenvalue weighted by molar-refractivity contribution is 5.44. The van der Waals surface area contributed by atoms with Crippen LogP contribution < -0.4 is 14.8 Å². The number of piperidine rings is 2. The molecule has 1 aromatic carbocycles. The fraction of sp³-hybridized carbons (Fsp3) is 0.684. The largest absolute Gasteiger partial charge is 0.489 e. The molecule has 0 aliphatic carbocycles. The van der Waals surface area contributed by atoms with Gasteiger partial charge >= 0.3 is 6.18 Å². The number of rotatable bonds is 5. The van der Waals surface area contributed by atoms with Crippen LogP contribution in [0.5, 0.6) is 11.5 Å². The van der Waals surface area contributed by atoms with Crippen molar-refractivity contribution in [2.45, 2.75) is 70.3 Å². The van der Waals surface area contributed by atoms with Crippen molar-refractivity contribution in [1.82, 2.24) is 5.32 Å². The van der Waals surface area contributed by atoms with Gasteiger partial charge in [0.15, 0.2) is 11.5 Å². The second kappa shape index (κ2) is 7.44. The van der Waals surface area contributed by atoms with Crippen molar-refractivity contribution in [2.24, 2.45) is 5.92 Å². The minimum absolute atomic E-state index is 0.0229. The summed E-state index contributed by atoms with van der Waals surface area (Å²) in [7, 11) is 0. The molecule has 0 amide bonds. The topological polar surface area (TPSA) is 30.5 Å². The maximum absolute atomic E-state index is 13.0. The van der Waals surface area contributed by atoms with E-state index in [0.717, 1.165) is 37.8 Å². The lowest BCUT2D eigenvalue weighted by Crippen LogP contribution is -2.51. The SMILES string of the molecule is CC(C)COc1cc(C(F)(F)F)ccc1O[C@H]1C[C@H]2CCC[C@@H](C1)N2. The highest BCUT2D eigenvalue weighted by Crippen LogP contribution is 2.38. The van der Waals surface area contributed by atoms with Crippen LogP contribution in [0.2, 0.25) is 0 Å². The summed E-state index contributed by atoms with van der Waals surface area (Å²) in [4.78, 5) is 0. The van der Waals surface area contributed by atoms with E-state index in [0.29, 0.717) is 24.4 Å². The van der Waals surface area contributed by atoms with Crippen molar-refractivity contribution >= 4 is 0 Å². The highest BCUT2D eigenvalue weighted by atomic mass is 19.4. The Morgan fingerprint density at radius 2 is 1.80 bits per heavy atom. The first-order chi connectivity index (χ1) is 11.8. The van der Waals surface area contributed by atoms with Crippen LogP contribution in [0.1, 0.15) is 51.5 Å². The van der Waals surface area contributed by atoms with Crippen molar-refractivity contribution in [1.29, 1.82) is 0 Å². The molecular weight excluding hydrogens is 331 g/mol. The third-order valence-corrected chi connectivity index (χ3v) is 4.81. The molecule has 25 heavy (non-hydrogen) atoms. The van der Waals surface area contributed by atoms with Crippen LogP contribution in [-0.4, -0.2) is 24.8 Å². The molecule has 0 radical (unpaired) electrons. The molecule has 2 bridgehead atoms. The van der Waals surface area contributed by atoms with Crippen LogP contribution >= 0.6 is 0 Å². The Balaban J connectivity index is 1.76. The number of ether oxygens (including phenoxy) is 2. The summed E-state index contributed by atoms with van der Waals surface area (Å²) in [6.45, 7) is 4.28. The fourth-order valence-corrected chi connectivity index (χ4v) is 3.64. The summed E-state index contributed by atoms with van der Waals surface area (Å²) in [6.07, 6.45) is 0.926. The third kappa shape index (κ3) is 4.81. The Kier molecular flexibility index (Phi) is 5.46. The Labute approximate surface area is 146 Å². The van der Waals surface area contributed by atoms with Gasteiger partial charge in [0.1, 0.15) is 6.10 Å². The normalized spacial score (nSPS) is 26.6. The van der Waals surface area contributed by atoms with E-state index in [1.807, 2.05) is 13.8 Å². The van der Waals surface area contributed by atoms with Crippen LogP contribution in [0, 0.1) is 5.92 Å². The quantitative estimate of drug-likeness (QED) is 0.822. The molecule has 2 fully saturated rings. The molecule has 0 aromatic heterocycles. The van der Waals surface area contributed by atoms with Gasteiger partial charge in [-0.2, -0.15) is 13.2 Å². The van der Waals surface area contributed by atoms with Crippen LogP contribution in [0.4, 0.5) is 13.2 Å². The number of hydrogen-bond acceptors (Lipinski definition) is 3. The van der Waals surface area contributed by atoms with Gasteiger partial charge in [0.25, 0.3) is 0 Å². The van der Waals surface area contributed by atoms with Gasteiger partial charge in [-0.25, -0.2) is 0 Å². The molecule has 2 aliphatic heterocycles. The second-order valence-corrected chi connectivity index (χ2v) is 7.57. The summed E-state index contributed by atoms with van der Waals surface area (Å²) in [5, 5.41) is 3.59. The Morgan fingerprint density at radius 3 is 2.40 bits per heavy atom. The number of hydrogen-bond donors (Lipinski definition) is 1. The molecule has 0 saturated carbocycles. The van der Waals surface area contributed by atoms with Gasteiger partial charge in [-0.1, -0.05) is 20.3 Å². The van der Waals surface area contributed by atoms with E-state index in [1.165, 1.54) is 12.5 Å². The van der Waals surface area contributed by atoms with E-state index in [4.69, 9.17) is 9.47 Å². The second-order valence-electron chi connectivity index (χ2n) is 7.57. The fourth-order valence-electron chi connectivity index (χ4n) is 3.64. The molecule has 3 nitrogen and oxygen atoms in total. The molecule has 0 spiro atoms. The standard InChI is InChI=1S/C19H26F3NO2/c1-12(2)11-24-18-8-13(19(20,21)22)6-7-17(18)25-16-9-14-4-3-5-15(10-16)23-14/h6-8,12,14-16,23H,3-5,9-11H2,1-2H3/t14-,15+,16+. The highest BCUT2D eigenvalue weighted by Gasteiger charge is 2.34. The van der Waals surface area contributed by atoms with Gasteiger partial charge < -0.3 is 14.8 Å². The Bertz CT molecular complexity index is 577. The maximum Gasteiger partial charge on any atom is 0.416 e. The molecular formula is C19H26F3NO2. The number of alkyl halides is 3. The van der Waals surface area contributed by atoms with Crippen LogP contribution in [0.25, 0.3) is 0 Å². The first-order valence-electron chi connectivity index (χ1n) is 9.08. The zero-order chi connectivity index (χ0) is 18.0. The average molecular weight is 357 g/mol. The number of halogens is 3. The lowest BCUT2D eigenvalue weighted by Gasteiger charge is -2.40. The summed E-state index contributed by atoms with van der Waals surface area (Å²) in [5.41, 5.74) is -0.708. The van der Waals surface area contributed by atoms with Gasteiger partial charge in [0.05, 0.1) is 12.2 Å². The van der Waals surface area contributed by atoms with Gasteiger partial charge in [-0.05, 0) is 49.8 Å². The van der Waals surface area contributed by atoms with Crippen molar-refractivity contribution in [3.8, 4) is 11.5 Å². The molecule has 140 valence electrons. The van der Waals surface area contributed by atoms with Crippen LogP contribution in [0.15, 0.2) is 18.2 Å². The molecule has 3 rings (SSSR count). The number of fused-ring (bicyclic) bond motifs is 2. The van der Waals surface area contributed by atoms with Crippen molar-refractivity contribution in [2.75, 3.05) is 6.61 Å². The molecule has 1 aromatic rings. The minimum atomic E-state index is -4.39. The zero-order valence-electron chi connectivity index (χ0n) is 14.7. The Hall–Kier alpha value is -1.43. The van der Waals surface area contributed by atoms with E-state index in [2.05, 4.69) is 5.32 Å². The van der Waals surface area contributed by atoms with E-state index >= 15 is 0 Å². The minimum Gasteiger partial charge on any atom is -0.489 e. The first kappa shape index (κ1) is 18.4. The average Bonchev–Trinajstić information content (AvgIpc) is 2.52. The molecule has 2 heterocycles. The lowest BCUT2D eigenvalue weighted by atomic mass is 9.85. The van der Waals surface area contributed by atoms with Gasteiger partial charge in [0, 0.05) is 12.1 Å². The van der Waals surface area contributed by atoms with Gasteiger partial charge in [-0.3, -0.25) is 0 Å². The molecule has 1 N–H and O–H groups in total. The maximum atomic E-state index is 13.0. The summed E-state index contributed by atoms with van der Waals surface area (Å²) in [5.74, 6) is 0.825. The third-order valence-electron chi connectivity index (χ3n) is 4.81. The van der Waals surface area contributed by atoms with Gasteiger partial charge in [-0.15, -0.1) is 0 Å². The van der Waals surface area contributed by atoms with Crippen molar-refractivity contribution in [3.63, 3.8) is 0 Å². The molecule has 3 atom stereocenters. The monoisotopic (exact) mass is 357 g/mol. The van der Waals surface area contributed by atoms with E-state index < -0.39 is 11.7 Å². The zero-order valence-corrected chi connectivity index (χ0v) is 14.7. The van der Waals surface area contributed by atoms with Crippen molar-refractivity contribution < 1.29 is 22.6 Å². The van der Waals surface area contributed by atoms with Crippen molar-refractivity contribution in [3.05, 3.63) is 23.8 Å². The van der Waals surface area contributed by atoms with E-state index in [-0.39, 0.29) is 17.8 Å². The number of nitrogens with one attached hydrogen (secondary N) is 1. The molecule has 0 unspecified atom stereocenters. The lowest BCUT2D eigenvalue weighted by molar-refractivity contribution is -0.137. The molecule has 6 heteroatoms. The van der Waals surface area contributed by atoms with Gasteiger partial charge in [0.2, 0.25) is 0 Å². The predicted octanol–water partition coefficient (Wildman–Crippen LogP) is 4.79. The molecule has 2 aliphatic rings. The van der Waals surface area contributed by atoms with E-state index in [9.17, 15) is 13.2 Å². The summed E-state index contributed by atoms with van der Waals surface area (Å²) >= 11 is 0. The van der Waals surface area contributed by atoms with Crippen LogP contribution in [0.3, 0.4) is 0 Å². The van der Waals surface area contributed by atoms with E-state index in [1.54, 1.807) is 0 Å². The summed E-state index contributed by atoms with van der Waals surface area (Å²) in [6, 6.07) is 4.43. The summed E-state index contributed by atoms with van der Waals surface area (Å²) < 4.78 is 50.7. The Morgan fingerprint density at radius 1 is 1.12 bits per heavy atom. The predicted molar refractivity (Wildman–Crippen MR) is 90.0 cm³/mol. The number of benzene rings is 1.